The largest absolute Gasteiger partial charge is 0.312 e. The number of aryl methyl sites for hydroxylation is 3. The Hall–Kier alpha value is -1.81. The molecule has 0 fully saturated rings. The van der Waals surface area contributed by atoms with Gasteiger partial charge < -0.3 is 5.32 Å². The zero-order valence-electron chi connectivity index (χ0n) is 13.0. The highest BCUT2D eigenvalue weighted by Gasteiger charge is 2.18. The number of hydrogen-bond acceptors (Lipinski definition) is 4. The summed E-state index contributed by atoms with van der Waals surface area (Å²) in [6, 6.07) is 2.15. The lowest BCUT2D eigenvalue weighted by Gasteiger charge is -2.20. The molecule has 0 unspecified atom stereocenters. The fourth-order valence-electron chi connectivity index (χ4n) is 2.91. The van der Waals surface area contributed by atoms with E-state index in [0.717, 1.165) is 49.4 Å². The van der Waals surface area contributed by atoms with Crippen LogP contribution in [0.15, 0.2) is 12.3 Å². The van der Waals surface area contributed by atoms with Crippen LogP contribution in [0, 0.1) is 13.8 Å². The summed E-state index contributed by atoms with van der Waals surface area (Å²) in [4.78, 5) is 14.2. The second-order valence-corrected chi connectivity index (χ2v) is 5.77. The van der Waals surface area contributed by atoms with E-state index < -0.39 is 0 Å². The summed E-state index contributed by atoms with van der Waals surface area (Å²) in [6.45, 7) is 8.23. The Kier molecular flexibility index (Phi) is 3.97. The normalized spacial score (nSPS) is 14.0. The van der Waals surface area contributed by atoms with Gasteiger partial charge in [0.2, 0.25) is 0 Å². The highest BCUT2D eigenvalue weighted by atomic mass is 15.0. The van der Waals surface area contributed by atoms with E-state index in [2.05, 4.69) is 37.1 Å². The fourth-order valence-corrected chi connectivity index (χ4v) is 2.91. The van der Waals surface area contributed by atoms with Crippen LogP contribution in [-0.2, 0) is 19.4 Å². The van der Waals surface area contributed by atoms with E-state index >= 15 is 0 Å². The molecule has 2 aromatic rings. The molecule has 0 saturated carbocycles. The first-order chi connectivity index (χ1) is 10.2. The Balaban J connectivity index is 2.12. The number of rotatable bonds is 3. The molecule has 0 radical (unpaired) electrons. The van der Waals surface area contributed by atoms with Crippen molar-refractivity contribution in [3.63, 3.8) is 0 Å². The van der Waals surface area contributed by atoms with E-state index in [-0.39, 0.29) is 0 Å². The van der Waals surface area contributed by atoms with Gasteiger partial charge in [-0.15, -0.1) is 0 Å². The molecule has 110 valence electrons. The van der Waals surface area contributed by atoms with Gasteiger partial charge in [-0.25, -0.2) is 9.97 Å². The van der Waals surface area contributed by atoms with Gasteiger partial charge in [0, 0.05) is 37.0 Å². The molecule has 0 saturated heterocycles. The molecule has 0 bridgehead atoms. The number of fused-ring (bicyclic) bond motifs is 1. The van der Waals surface area contributed by atoms with Crippen molar-refractivity contribution in [1.29, 1.82) is 0 Å². The second kappa shape index (κ2) is 5.90. The van der Waals surface area contributed by atoms with E-state index in [1.54, 1.807) is 0 Å². The molecular weight excluding hydrogens is 260 g/mol. The molecule has 1 aliphatic heterocycles. The van der Waals surface area contributed by atoms with Crippen molar-refractivity contribution in [2.45, 2.75) is 46.6 Å². The van der Waals surface area contributed by atoms with E-state index in [1.807, 2.05) is 6.20 Å². The number of aromatic nitrogens is 3. The van der Waals surface area contributed by atoms with Gasteiger partial charge in [0.25, 0.3) is 0 Å². The number of nitrogens with one attached hydrogen (secondary N) is 1. The van der Waals surface area contributed by atoms with E-state index in [9.17, 15) is 0 Å². The van der Waals surface area contributed by atoms with E-state index in [1.165, 1.54) is 22.5 Å². The number of hydrogen-bond donors (Lipinski definition) is 1. The van der Waals surface area contributed by atoms with Crippen LogP contribution in [-0.4, -0.2) is 21.5 Å². The quantitative estimate of drug-likeness (QED) is 0.940. The minimum Gasteiger partial charge on any atom is -0.312 e. The van der Waals surface area contributed by atoms with Gasteiger partial charge >= 0.3 is 0 Å². The Labute approximate surface area is 126 Å². The summed E-state index contributed by atoms with van der Waals surface area (Å²) in [5, 5.41) is 3.42. The van der Waals surface area contributed by atoms with E-state index in [4.69, 9.17) is 9.97 Å². The van der Waals surface area contributed by atoms with Crippen LogP contribution < -0.4 is 5.32 Å². The topological polar surface area (TPSA) is 50.7 Å². The monoisotopic (exact) mass is 282 g/mol. The SMILES string of the molecule is CCCc1nc(-c2ncc(C)cc2C)nc2c1CNCC2. The molecule has 3 rings (SSSR count). The molecule has 1 aliphatic rings. The summed E-state index contributed by atoms with van der Waals surface area (Å²) in [6.07, 6.45) is 4.98. The van der Waals surface area contributed by atoms with Crippen molar-refractivity contribution in [1.82, 2.24) is 20.3 Å². The first kappa shape index (κ1) is 14.1. The Bertz CT molecular complexity index is 664. The van der Waals surface area contributed by atoms with Crippen LogP contribution in [0.3, 0.4) is 0 Å². The lowest BCUT2D eigenvalue weighted by Crippen LogP contribution is -2.27. The predicted molar refractivity (Wildman–Crippen MR) is 84.1 cm³/mol. The summed E-state index contributed by atoms with van der Waals surface area (Å²) in [7, 11) is 0. The van der Waals surface area contributed by atoms with Gasteiger partial charge in [0.1, 0.15) is 5.69 Å². The van der Waals surface area contributed by atoms with Crippen LogP contribution >= 0.6 is 0 Å². The van der Waals surface area contributed by atoms with Crippen LogP contribution in [0.5, 0.6) is 0 Å². The Morgan fingerprint density at radius 3 is 2.86 bits per heavy atom. The highest BCUT2D eigenvalue weighted by Crippen LogP contribution is 2.23. The predicted octanol–water partition coefficient (Wildman–Crippen LogP) is 2.75. The molecule has 3 heterocycles. The van der Waals surface area contributed by atoms with Crippen molar-refractivity contribution >= 4 is 0 Å². The first-order valence-corrected chi connectivity index (χ1v) is 7.72. The van der Waals surface area contributed by atoms with Gasteiger partial charge in [-0.1, -0.05) is 19.4 Å². The van der Waals surface area contributed by atoms with Crippen LogP contribution in [0.4, 0.5) is 0 Å². The smallest absolute Gasteiger partial charge is 0.178 e. The first-order valence-electron chi connectivity index (χ1n) is 7.72. The zero-order valence-corrected chi connectivity index (χ0v) is 13.0. The summed E-state index contributed by atoms with van der Waals surface area (Å²) >= 11 is 0. The maximum absolute atomic E-state index is 4.82. The maximum atomic E-state index is 4.82. The molecule has 0 aromatic carbocycles. The second-order valence-electron chi connectivity index (χ2n) is 5.77. The zero-order chi connectivity index (χ0) is 14.8. The average molecular weight is 282 g/mol. The van der Waals surface area contributed by atoms with Gasteiger partial charge in [-0.3, -0.25) is 4.98 Å². The summed E-state index contributed by atoms with van der Waals surface area (Å²) in [5.74, 6) is 0.789. The molecule has 0 spiro atoms. The van der Waals surface area contributed by atoms with Gasteiger partial charge in [-0.05, 0) is 31.4 Å². The molecule has 0 atom stereocenters. The molecule has 0 amide bonds. The van der Waals surface area contributed by atoms with Crippen molar-refractivity contribution < 1.29 is 0 Å². The maximum Gasteiger partial charge on any atom is 0.178 e. The molecule has 4 nitrogen and oxygen atoms in total. The van der Waals surface area contributed by atoms with Gasteiger partial charge in [0.15, 0.2) is 5.82 Å². The molecule has 0 aliphatic carbocycles. The third-order valence-corrected chi connectivity index (χ3v) is 3.93. The van der Waals surface area contributed by atoms with Crippen molar-refractivity contribution in [3.8, 4) is 11.5 Å². The van der Waals surface area contributed by atoms with Crippen LogP contribution in [0.1, 0.15) is 41.4 Å². The minimum absolute atomic E-state index is 0.789. The van der Waals surface area contributed by atoms with Crippen LogP contribution in [0.2, 0.25) is 0 Å². The summed E-state index contributed by atoms with van der Waals surface area (Å²) in [5.41, 5.74) is 6.92. The van der Waals surface area contributed by atoms with Crippen LogP contribution in [0.25, 0.3) is 11.5 Å². The molecular formula is C17H22N4. The molecule has 21 heavy (non-hydrogen) atoms. The lowest BCUT2D eigenvalue weighted by atomic mass is 10.0. The van der Waals surface area contributed by atoms with Crippen molar-refractivity contribution in [3.05, 3.63) is 40.3 Å². The van der Waals surface area contributed by atoms with Gasteiger partial charge in [-0.2, -0.15) is 0 Å². The van der Waals surface area contributed by atoms with E-state index in [0.29, 0.717) is 0 Å². The third-order valence-electron chi connectivity index (χ3n) is 3.93. The standard InChI is InChI=1S/C17H22N4/c1-4-5-14-13-10-18-7-6-15(13)21-17(20-14)16-12(3)8-11(2)9-19-16/h8-9,18H,4-7,10H2,1-3H3. The molecule has 1 N–H and O–H groups in total. The summed E-state index contributed by atoms with van der Waals surface area (Å²) < 4.78 is 0. The van der Waals surface area contributed by atoms with Crippen molar-refractivity contribution in [2.75, 3.05) is 6.54 Å². The number of pyridine rings is 1. The lowest BCUT2D eigenvalue weighted by molar-refractivity contribution is 0.615. The molecule has 2 aromatic heterocycles. The highest BCUT2D eigenvalue weighted by molar-refractivity contribution is 5.56. The molecule has 4 heteroatoms. The Morgan fingerprint density at radius 1 is 1.24 bits per heavy atom. The van der Waals surface area contributed by atoms with Crippen molar-refractivity contribution in [2.24, 2.45) is 0 Å². The minimum atomic E-state index is 0.789. The van der Waals surface area contributed by atoms with Gasteiger partial charge in [0.05, 0.1) is 5.69 Å². The fraction of sp³-hybridized carbons (Fsp3) is 0.471. The number of nitrogens with zero attached hydrogens (tertiary/aromatic N) is 3. The third kappa shape index (κ3) is 2.81. The Morgan fingerprint density at radius 2 is 2.10 bits per heavy atom. The average Bonchev–Trinajstić information content (AvgIpc) is 2.47.